The molecule has 1 aromatic heterocycles. The summed E-state index contributed by atoms with van der Waals surface area (Å²) in [6, 6.07) is 15.8. The molecular weight excluding hydrogens is 407 g/mol. The van der Waals surface area contributed by atoms with Gasteiger partial charge in [0.05, 0.1) is 0 Å². The summed E-state index contributed by atoms with van der Waals surface area (Å²) in [7, 11) is 0. The summed E-state index contributed by atoms with van der Waals surface area (Å²) in [5.74, 6) is 1.29. The number of halogens is 2. The Bertz CT molecular complexity index is 954. The third kappa shape index (κ3) is 4.90. The van der Waals surface area contributed by atoms with Crippen LogP contribution in [0.15, 0.2) is 54.9 Å². The molecule has 2 heterocycles. The largest absolute Gasteiger partial charge is 0.393 e. The molecule has 1 aliphatic heterocycles. The van der Waals surface area contributed by atoms with Crippen molar-refractivity contribution in [1.82, 2.24) is 14.9 Å². The molecule has 4 rings (SSSR count). The molecule has 3 aromatic rings. The van der Waals surface area contributed by atoms with E-state index in [1.54, 1.807) is 18.2 Å². The van der Waals surface area contributed by atoms with Crippen LogP contribution < -0.4 is 16.0 Å². The van der Waals surface area contributed by atoms with Crippen molar-refractivity contribution in [2.45, 2.75) is 6.54 Å². The quantitative estimate of drug-likeness (QED) is 0.625. The van der Waals surface area contributed by atoms with E-state index in [0.29, 0.717) is 21.6 Å². The Hall–Kier alpha value is -2.54. The molecule has 150 valence electrons. The fraction of sp³-hybridized carbons (Fsp3) is 0.238. The van der Waals surface area contributed by atoms with E-state index in [0.717, 1.165) is 44.2 Å². The smallest absolute Gasteiger partial charge is 0.159 e. The van der Waals surface area contributed by atoms with E-state index in [4.69, 9.17) is 28.9 Å². The van der Waals surface area contributed by atoms with Crippen molar-refractivity contribution >= 4 is 46.2 Å². The molecule has 0 spiro atoms. The van der Waals surface area contributed by atoms with Crippen LogP contribution >= 0.6 is 23.2 Å². The molecule has 0 radical (unpaired) electrons. The Morgan fingerprint density at radius 2 is 1.62 bits per heavy atom. The van der Waals surface area contributed by atoms with Crippen molar-refractivity contribution in [3.8, 4) is 0 Å². The minimum Gasteiger partial charge on any atom is -0.393 e. The number of benzene rings is 2. The van der Waals surface area contributed by atoms with Crippen LogP contribution in [0.5, 0.6) is 0 Å². The molecule has 29 heavy (non-hydrogen) atoms. The van der Waals surface area contributed by atoms with E-state index in [-0.39, 0.29) is 0 Å². The summed E-state index contributed by atoms with van der Waals surface area (Å²) in [4.78, 5) is 13.4. The first-order valence-corrected chi connectivity index (χ1v) is 10.2. The lowest BCUT2D eigenvalue weighted by Crippen LogP contribution is -2.46. The maximum absolute atomic E-state index is 6.39. The van der Waals surface area contributed by atoms with Gasteiger partial charge in [0.1, 0.15) is 12.0 Å². The number of nitrogens with zero attached hydrogens (tertiary/aromatic N) is 4. The number of aromatic nitrogens is 2. The molecular formula is C21H22Cl2N6. The number of piperazine rings is 1. The molecule has 0 amide bonds. The first-order valence-electron chi connectivity index (χ1n) is 9.43. The second-order valence-corrected chi connectivity index (χ2v) is 7.86. The molecule has 1 aliphatic rings. The van der Waals surface area contributed by atoms with Gasteiger partial charge in [0, 0.05) is 48.5 Å². The Morgan fingerprint density at radius 1 is 0.931 bits per heavy atom. The van der Waals surface area contributed by atoms with E-state index in [2.05, 4.69) is 49.4 Å². The molecule has 0 atom stereocenters. The SMILES string of the molecule is Nc1c(Nc2cc(Cl)cc(Cl)c2)ncnc1N1CCN(Cc2ccccc2)CC1. The topological polar surface area (TPSA) is 70.3 Å². The number of anilines is 4. The molecule has 0 saturated carbocycles. The molecule has 0 aliphatic carbocycles. The summed E-state index contributed by atoms with van der Waals surface area (Å²) in [5.41, 5.74) is 8.96. The summed E-state index contributed by atoms with van der Waals surface area (Å²) >= 11 is 12.2. The molecule has 2 aromatic carbocycles. The van der Waals surface area contributed by atoms with Gasteiger partial charge in [-0.25, -0.2) is 9.97 Å². The average Bonchev–Trinajstić information content (AvgIpc) is 2.70. The zero-order valence-electron chi connectivity index (χ0n) is 15.9. The molecule has 1 fully saturated rings. The zero-order chi connectivity index (χ0) is 20.2. The second kappa shape index (κ2) is 8.86. The lowest BCUT2D eigenvalue weighted by atomic mass is 10.2. The Balaban J connectivity index is 1.44. The summed E-state index contributed by atoms with van der Waals surface area (Å²) in [5, 5.41) is 4.28. The number of nitrogen functional groups attached to an aromatic ring is 1. The maximum Gasteiger partial charge on any atom is 0.159 e. The van der Waals surface area contributed by atoms with Crippen LogP contribution in [0.25, 0.3) is 0 Å². The second-order valence-electron chi connectivity index (χ2n) is 6.99. The minimum absolute atomic E-state index is 0.514. The molecule has 6 nitrogen and oxygen atoms in total. The van der Waals surface area contributed by atoms with Gasteiger partial charge in [-0.1, -0.05) is 53.5 Å². The van der Waals surface area contributed by atoms with Crippen molar-refractivity contribution in [1.29, 1.82) is 0 Å². The predicted octanol–water partition coefficient (Wildman–Crippen LogP) is 4.43. The first-order chi connectivity index (χ1) is 14.1. The fourth-order valence-electron chi connectivity index (χ4n) is 3.46. The lowest BCUT2D eigenvalue weighted by Gasteiger charge is -2.36. The Labute approximate surface area is 180 Å². The number of nitrogens with one attached hydrogen (secondary N) is 1. The normalized spacial score (nSPS) is 14.8. The number of nitrogens with two attached hydrogens (primary N) is 1. The van der Waals surface area contributed by atoms with E-state index < -0.39 is 0 Å². The van der Waals surface area contributed by atoms with Crippen LogP contribution in [0.3, 0.4) is 0 Å². The van der Waals surface area contributed by atoms with E-state index in [1.807, 2.05) is 6.07 Å². The van der Waals surface area contributed by atoms with Crippen LogP contribution in [-0.4, -0.2) is 41.0 Å². The lowest BCUT2D eigenvalue weighted by molar-refractivity contribution is 0.249. The Morgan fingerprint density at radius 3 is 2.31 bits per heavy atom. The van der Waals surface area contributed by atoms with Crippen LogP contribution in [-0.2, 0) is 6.54 Å². The summed E-state index contributed by atoms with van der Waals surface area (Å²) < 4.78 is 0. The van der Waals surface area contributed by atoms with Gasteiger partial charge < -0.3 is 16.0 Å². The molecule has 8 heteroatoms. The number of rotatable bonds is 5. The highest BCUT2D eigenvalue weighted by Gasteiger charge is 2.21. The third-order valence-corrected chi connectivity index (χ3v) is 5.35. The van der Waals surface area contributed by atoms with Gasteiger partial charge >= 0.3 is 0 Å². The minimum atomic E-state index is 0.514. The van der Waals surface area contributed by atoms with Gasteiger partial charge in [-0.05, 0) is 23.8 Å². The third-order valence-electron chi connectivity index (χ3n) is 4.91. The number of hydrogen-bond donors (Lipinski definition) is 2. The van der Waals surface area contributed by atoms with E-state index >= 15 is 0 Å². The van der Waals surface area contributed by atoms with Gasteiger partial charge in [0.2, 0.25) is 0 Å². The highest BCUT2D eigenvalue weighted by atomic mass is 35.5. The van der Waals surface area contributed by atoms with Crippen LogP contribution in [0.2, 0.25) is 10.0 Å². The number of hydrogen-bond acceptors (Lipinski definition) is 6. The van der Waals surface area contributed by atoms with Gasteiger partial charge in [-0.15, -0.1) is 0 Å². The van der Waals surface area contributed by atoms with Crippen molar-refractivity contribution in [3.63, 3.8) is 0 Å². The monoisotopic (exact) mass is 428 g/mol. The van der Waals surface area contributed by atoms with Crippen LogP contribution in [0, 0.1) is 0 Å². The molecule has 1 saturated heterocycles. The van der Waals surface area contributed by atoms with Crippen molar-refractivity contribution in [2.75, 3.05) is 42.1 Å². The maximum atomic E-state index is 6.39. The van der Waals surface area contributed by atoms with Gasteiger partial charge in [0.15, 0.2) is 11.6 Å². The van der Waals surface area contributed by atoms with Crippen molar-refractivity contribution in [3.05, 3.63) is 70.5 Å². The van der Waals surface area contributed by atoms with Crippen LogP contribution in [0.4, 0.5) is 23.0 Å². The van der Waals surface area contributed by atoms with E-state index in [1.165, 1.54) is 11.9 Å². The Kier molecular flexibility index (Phi) is 6.04. The standard InChI is InChI=1S/C21H22Cl2N6/c22-16-10-17(23)12-18(11-16)27-20-19(24)21(26-14-25-20)29-8-6-28(7-9-29)13-15-4-2-1-3-5-15/h1-5,10-12,14H,6-9,13,24H2,(H,25,26,27). The average molecular weight is 429 g/mol. The molecule has 0 unspecified atom stereocenters. The summed E-state index contributed by atoms with van der Waals surface area (Å²) in [6.45, 7) is 4.57. The first kappa shape index (κ1) is 19.8. The van der Waals surface area contributed by atoms with Crippen LogP contribution in [0.1, 0.15) is 5.56 Å². The van der Waals surface area contributed by atoms with E-state index in [9.17, 15) is 0 Å². The van der Waals surface area contributed by atoms with Crippen molar-refractivity contribution in [2.24, 2.45) is 0 Å². The molecule has 3 N–H and O–H groups in total. The molecule has 0 bridgehead atoms. The highest BCUT2D eigenvalue weighted by molar-refractivity contribution is 6.35. The predicted molar refractivity (Wildman–Crippen MR) is 120 cm³/mol. The van der Waals surface area contributed by atoms with Gasteiger partial charge in [-0.2, -0.15) is 0 Å². The summed E-state index contributed by atoms with van der Waals surface area (Å²) in [6.07, 6.45) is 1.52. The fourth-order valence-corrected chi connectivity index (χ4v) is 3.99. The van der Waals surface area contributed by atoms with Crippen molar-refractivity contribution < 1.29 is 0 Å². The van der Waals surface area contributed by atoms with Gasteiger partial charge in [0.25, 0.3) is 0 Å². The highest BCUT2D eigenvalue weighted by Crippen LogP contribution is 2.31. The van der Waals surface area contributed by atoms with Gasteiger partial charge in [-0.3, -0.25) is 4.90 Å². The zero-order valence-corrected chi connectivity index (χ0v) is 17.4.